The third-order valence-corrected chi connectivity index (χ3v) is 12.5. The molecule has 1 aliphatic heterocycles. The minimum Gasteiger partial charge on any atom is -0.227 e. The average molecular weight is 664 g/mol. The predicted molar refractivity (Wildman–Crippen MR) is 204 cm³/mol. The van der Waals surface area contributed by atoms with Gasteiger partial charge in [0.15, 0.2) is 6.20 Å². The first kappa shape index (κ1) is 31.6. The van der Waals surface area contributed by atoms with Crippen molar-refractivity contribution < 1.29 is 9.13 Å². The predicted octanol–water partition coefficient (Wildman–Crippen LogP) is 9.85. The molecule has 49 heavy (non-hydrogen) atoms. The van der Waals surface area contributed by atoms with E-state index in [4.69, 9.17) is 10.1 Å². The van der Waals surface area contributed by atoms with Gasteiger partial charge in [-0.3, -0.25) is 0 Å². The summed E-state index contributed by atoms with van der Waals surface area (Å²) in [6, 6.07) is 31.4. The largest absolute Gasteiger partial charge is 0.250 e. The van der Waals surface area contributed by atoms with Gasteiger partial charge in [0.1, 0.15) is 18.4 Å². The van der Waals surface area contributed by atoms with Crippen LogP contribution in [0.25, 0.3) is 59.9 Å². The molecule has 0 aliphatic carbocycles. The molecule has 2 atom stereocenters. The van der Waals surface area contributed by atoms with E-state index in [0.717, 1.165) is 36.6 Å². The Morgan fingerprint density at radius 3 is 2.53 bits per heavy atom. The van der Waals surface area contributed by atoms with Crippen molar-refractivity contribution in [3.8, 4) is 22.8 Å². The Bertz CT molecular complexity index is 2420. The van der Waals surface area contributed by atoms with E-state index in [1.165, 1.54) is 66.3 Å². The second kappa shape index (κ2) is 12.0. The molecule has 0 bridgehead atoms. The quantitative estimate of drug-likeness (QED) is 0.152. The lowest BCUT2D eigenvalue weighted by Gasteiger charge is -2.45. The minimum atomic E-state index is -0.378. The van der Waals surface area contributed by atoms with Gasteiger partial charge in [-0.05, 0) is 74.6 Å². The topological polar surface area (TPSA) is 38.5 Å². The van der Waals surface area contributed by atoms with Gasteiger partial charge in [0.2, 0.25) is 22.6 Å². The summed E-state index contributed by atoms with van der Waals surface area (Å²) in [5, 5.41) is 9.05. The fraction of sp³-hybridized carbons (Fsp3) is 0.302. The van der Waals surface area contributed by atoms with Gasteiger partial charge in [-0.2, -0.15) is 14.2 Å². The number of para-hydroxylation sites is 1. The standard InChI is InChI=1S/C43H45N5S/c1-7-10-16-31-18-15-21-37-38(31)33-24-22-32(39(40(33)49-37)35-25-23-30-17-11-12-19-34(30)46(35)6)26-27-43(9-3)42(5,8-2)48-41(44-29(4)45-48)36-20-13-14-28-47(36)43/h11-15,17-28H,7-10,16H2,1-6H3/q+2. The van der Waals surface area contributed by atoms with E-state index in [1.807, 2.05) is 18.3 Å². The normalized spacial score (nSPS) is 18.9. The Kier molecular flexibility index (Phi) is 7.75. The molecule has 2 unspecified atom stereocenters. The first-order valence-electron chi connectivity index (χ1n) is 17.9. The van der Waals surface area contributed by atoms with Gasteiger partial charge in [-0.25, -0.2) is 9.67 Å². The highest BCUT2D eigenvalue weighted by molar-refractivity contribution is 7.26. The number of aromatic nitrogens is 5. The maximum absolute atomic E-state index is 5.03. The zero-order chi connectivity index (χ0) is 33.9. The van der Waals surface area contributed by atoms with Crippen molar-refractivity contribution in [2.45, 2.75) is 77.8 Å². The zero-order valence-electron chi connectivity index (χ0n) is 29.5. The number of aryl methyl sites for hydroxylation is 3. The van der Waals surface area contributed by atoms with Crippen molar-refractivity contribution >= 4 is 48.5 Å². The monoisotopic (exact) mass is 663 g/mol. The fourth-order valence-corrected chi connectivity index (χ4v) is 9.82. The molecule has 0 saturated carbocycles. The molecule has 5 heterocycles. The van der Waals surface area contributed by atoms with Crippen LogP contribution in [0.1, 0.15) is 70.3 Å². The summed E-state index contributed by atoms with van der Waals surface area (Å²) in [5.41, 5.74) is 6.81. The molecule has 5 nitrogen and oxygen atoms in total. The van der Waals surface area contributed by atoms with E-state index in [0.29, 0.717) is 0 Å². The van der Waals surface area contributed by atoms with Crippen LogP contribution in [0.4, 0.5) is 0 Å². The lowest BCUT2D eigenvalue weighted by molar-refractivity contribution is -0.761. The maximum atomic E-state index is 5.03. The van der Waals surface area contributed by atoms with E-state index >= 15 is 0 Å². The van der Waals surface area contributed by atoms with Crippen molar-refractivity contribution in [3.05, 3.63) is 114 Å². The molecule has 6 heteroatoms. The van der Waals surface area contributed by atoms with Crippen molar-refractivity contribution in [3.63, 3.8) is 0 Å². The molecule has 0 fully saturated rings. The van der Waals surface area contributed by atoms with Gasteiger partial charge in [-0.15, -0.1) is 11.3 Å². The molecule has 1 aliphatic rings. The van der Waals surface area contributed by atoms with Crippen LogP contribution in [-0.4, -0.2) is 14.8 Å². The third kappa shape index (κ3) is 4.64. The SMILES string of the molecule is CCCCc1cccc2sc3c(-c4ccc5ccccc5[n+]4C)c(C=CC4(CC)[n+]5ccccc5-c5nc(C)nn5C4(C)CC)ccc3c12. The van der Waals surface area contributed by atoms with Crippen LogP contribution in [0.2, 0.25) is 0 Å². The summed E-state index contributed by atoms with van der Waals surface area (Å²) in [6.07, 6.45) is 12.4. The lowest BCUT2D eigenvalue weighted by atomic mass is 9.71. The number of pyridine rings is 2. The number of hydrogen-bond donors (Lipinski definition) is 0. The Morgan fingerprint density at radius 1 is 0.878 bits per heavy atom. The molecule has 8 rings (SSSR count). The first-order chi connectivity index (χ1) is 23.8. The van der Waals surface area contributed by atoms with Crippen molar-refractivity contribution in [2.24, 2.45) is 7.05 Å². The van der Waals surface area contributed by atoms with Gasteiger partial charge in [0, 0.05) is 51.5 Å². The van der Waals surface area contributed by atoms with Crippen LogP contribution >= 0.6 is 11.3 Å². The van der Waals surface area contributed by atoms with Crippen LogP contribution in [0.5, 0.6) is 0 Å². The van der Waals surface area contributed by atoms with Crippen molar-refractivity contribution in [2.75, 3.05) is 0 Å². The van der Waals surface area contributed by atoms with E-state index in [9.17, 15) is 0 Å². The molecule has 246 valence electrons. The Morgan fingerprint density at radius 2 is 1.71 bits per heavy atom. The highest BCUT2D eigenvalue weighted by Crippen LogP contribution is 2.47. The third-order valence-electron chi connectivity index (χ3n) is 11.3. The molecule has 0 radical (unpaired) electrons. The van der Waals surface area contributed by atoms with Gasteiger partial charge in [0.05, 0.1) is 10.3 Å². The first-order valence-corrected chi connectivity index (χ1v) is 18.7. The molecule has 0 N–H and O–H groups in total. The lowest BCUT2D eigenvalue weighted by Crippen LogP contribution is -2.70. The smallest absolute Gasteiger partial charge is 0.227 e. The van der Waals surface area contributed by atoms with E-state index < -0.39 is 0 Å². The molecule has 3 aromatic carbocycles. The van der Waals surface area contributed by atoms with Crippen LogP contribution in [0.15, 0.2) is 97.2 Å². The molecule has 0 spiro atoms. The van der Waals surface area contributed by atoms with Crippen LogP contribution < -0.4 is 9.13 Å². The van der Waals surface area contributed by atoms with Crippen LogP contribution in [0.3, 0.4) is 0 Å². The van der Waals surface area contributed by atoms with Crippen LogP contribution in [-0.2, 0) is 24.5 Å². The highest BCUT2D eigenvalue weighted by atomic mass is 32.1. The number of unbranched alkanes of at least 4 members (excludes halogenated alkanes) is 1. The number of rotatable bonds is 8. The van der Waals surface area contributed by atoms with E-state index in [2.05, 4.69) is 152 Å². The molecular weight excluding hydrogens is 619 g/mol. The molecule has 0 amide bonds. The van der Waals surface area contributed by atoms with Gasteiger partial charge < -0.3 is 0 Å². The second-order valence-electron chi connectivity index (χ2n) is 13.8. The van der Waals surface area contributed by atoms with Gasteiger partial charge >= 0.3 is 0 Å². The summed E-state index contributed by atoms with van der Waals surface area (Å²) < 4.78 is 9.77. The number of benzene rings is 3. The second-order valence-corrected chi connectivity index (χ2v) is 14.9. The van der Waals surface area contributed by atoms with E-state index in [-0.39, 0.29) is 11.1 Å². The Hall–Kier alpha value is -4.68. The minimum absolute atomic E-state index is 0.336. The van der Waals surface area contributed by atoms with E-state index in [1.54, 1.807) is 0 Å². The van der Waals surface area contributed by atoms with Crippen LogP contribution in [0, 0.1) is 6.92 Å². The average Bonchev–Trinajstić information content (AvgIpc) is 3.72. The maximum Gasteiger partial charge on any atom is 0.250 e. The molecule has 7 aromatic rings. The summed E-state index contributed by atoms with van der Waals surface area (Å²) in [4.78, 5) is 4.93. The number of hydrogen-bond acceptors (Lipinski definition) is 3. The number of thiophene rings is 1. The number of allylic oxidation sites excluding steroid dienone is 1. The number of fused-ring (bicyclic) bond motifs is 7. The Labute approximate surface area is 293 Å². The summed E-state index contributed by atoms with van der Waals surface area (Å²) in [7, 11) is 2.22. The summed E-state index contributed by atoms with van der Waals surface area (Å²) in [5.74, 6) is 1.75. The van der Waals surface area contributed by atoms with Gasteiger partial charge in [-0.1, -0.05) is 69.7 Å². The highest BCUT2D eigenvalue weighted by Gasteiger charge is 2.59. The van der Waals surface area contributed by atoms with Crippen molar-refractivity contribution in [1.29, 1.82) is 0 Å². The molecule has 0 saturated heterocycles. The molecule has 4 aromatic heterocycles. The van der Waals surface area contributed by atoms with Crippen molar-refractivity contribution in [1.82, 2.24) is 14.8 Å². The van der Waals surface area contributed by atoms with Gasteiger partial charge in [0.25, 0.3) is 5.69 Å². The zero-order valence-corrected chi connectivity index (χ0v) is 30.3. The summed E-state index contributed by atoms with van der Waals surface area (Å²) in [6.45, 7) is 11.2. The fourth-order valence-electron chi connectivity index (χ4n) is 8.51. The molecular formula is C43H45N5S+2. The Balaban J connectivity index is 1.41. The number of nitrogens with zero attached hydrogens (tertiary/aromatic N) is 5. The summed E-state index contributed by atoms with van der Waals surface area (Å²) >= 11 is 1.94.